The van der Waals surface area contributed by atoms with Crippen molar-refractivity contribution in [3.8, 4) is 0 Å². The van der Waals surface area contributed by atoms with E-state index in [-0.39, 0.29) is 0 Å². The molecule has 0 N–H and O–H groups in total. The number of hydrogen-bond acceptors (Lipinski definition) is 4. The first kappa shape index (κ1) is 8.11. The van der Waals surface area contributed by atoms with Gasteiger partial charge in [-0.05, 0) is 19.3 Å². The lowest BCUT2D eigenvalue weighted by Gasteiger charge is -1.94. The van der Waals surface area contributed by atoms with Crippen molar-refractivity contribution in [1.82, 2.24) is 19.7 Å². The van der Waals surface area contributed by atoms with E-state index in [0.29, 0.717) is 0 Å². The second-order valence-corrected chi connectivity index (χ2v) is 4.59. The van der Waals surface area contributed by atoms with Crippen molar-refractivity contribution in [2.75, 3.05) is 0 Å². The summed E-state index contributed by atoms with van der Waals surface area (Å²) in [5, 5.41) is 5.22. The lowest BCUT2D eigenvalue weighted by Crippen LogP contribution is -1.99. The zero-order chi connectivity index (χ0) is 9.38. The van der Waals surface area contributed by atoms with Gasteiger partial charge in [0.2, 0.25) is 0 Å². The van der Waals surface area contributed by atoms with Crippen LogP contribution in [0.1, 0.15) is 22.0 Å². The second-order valence-electron chi connectivity index (χ2n) is 3.42. The molecule has 2 aromatic heterocycles. The maximum atomic E-state index is 4.60. The Labute approximate surface area is 85.6 Å². The molecule has 0 aliphatic heterocycles. The fourth-order valence-corrected chi connectivity index (χ4v) is 2.91. The van der Waals surface area contributed by atoms with Crippen molar-refractivity contribution >= 4 is 11.3 Å². The Morgan fingerprint density at radius 2 is 2.43 bits per heavy atom. The third-order valence-corrected chi connectivity index (χ3v) is 3.55. The molecule has 0 amide bonds. The van der Waals surface area contributed by atoms with Gasteiger partial charge in [-0.15, -0.1) is 11.3 Å². The number of hydrogen-bond donors (Lipinski definition) is 0. The molecule has 0 radical (unpaired) electrons. The van der Waals surface area contributed by atoms with Gasteiger partial charge in [0.1, 0.15) is 17.7 Å². The lowest BCUT2D eigenvalue weighted by molar-refractivity contribution is 0.679. The molecule has 0 aromatic carbocycles. The first-order valence-corrected chi connectivity index (χ1v) is 5.53. The zero-order valence-electron chi connectivity index (χ0n) is 7.68. The summed E-state index contributed by atoms with van der Waals surface area (Å²) in [5.41, 5.74) is 1.31. The summed E-state index contributed by atoms with van der Waals surface area (Å²) in [6, 6.07) is 0. The first-order chi connectivity index (χ1) is 6.92. The average molecular weight is 206 g/mol. The molecule has 1 aliphatic carbocycles. The summed E-state index contributed by atoms with van der Waals surface area (Å²) in [6.07, 6.45) is 6.93. The molecular weight excluding hydrogens is 196 g/mol. The van der Waals surface area contributed by atoms with Gasteiger partial charge in [-0.2, -0.15) is 5.10 Å². The summed E-state index contributed by atoms with van der Waals surface area (Å²) in [4.78, 5) is 9.98. The van der Waals surface area contributed by atoms with Crippen LogP contribution < -0.4 is 0 Å². The van der Waals surface area contributed by atoms with Gasteiger partial charge in [-0.1, -0.05) is 0 Å². The Kier molecular flexibility index (Phi) is 1.83. The Hall–Kier alpha value is -1.23. The third kappa shape index (κ3) is 1.33. The first-order valence-electron chi connectivity index (χ1n) is 4.72. The van der Waals surface area contributed by atoms with Crippen LogP contribution in [0.3, 0.4) is 0 Å². The highest BCUT2D eigenvalue weighted by Gasteiger charge is 2.16. The van der Waals surface area contributed by atoms with Crippen molar-refractivity contribution in [3.05, 3.63) is 28.2 Å². The van der Waals surface area contributed by atoms with Crippen LogP contribution in [0.4, 0.5) is 0 Å². The standard InChI is InChI=1S/C9H10N4S/c1-2-7-8(3-1)14-9(12-7)4-13-6-10-5-11-13/h5-6H,1-4H2. The molecule has 14 heavy (non-hydrogen) atoms. The maximum absolute atomic E-state index is 4.60. The van der Waals surface area contributed by atoms with E-state index in [9.17, 15) is 0 Å². The SMILES string of the molecule is c1ncn(Cc2nc3c(s2)CCC3)n1. The highest BCUT2D eigenvalue weighted by molar-refractivity contribution is 7.11. The number of thiazole rings is 1. The Bertz CT molecular complexity index is 410. The van der Waals surface area contributed by atoms with Crippen LogP contribution in [0.15, 0.2) is 12.7 Å². The molecule has 2 heterocycles. The molecule has 1 aliphatic rings. The summed E-state index contributed by atoms with van der Waals surface area (Å²) in [6.45, 7) is 0.762. The number of rotatable bonds is 2. The summed E-state index contributed by atoms with van der Waals surface area (Å²) in [7, 11) is 0. The normalized spacial score (nSPS) is 14.6. The summed E-state index contributed by atoms with van der Waals surface area (Å²) < 4.78 is 1.81. The minimum Gasteiger partial charge on any atom is -0.246 e. The zero-order valence-corrected chi connectivity index (χ0v) is 8.50. The monoisotopic (exact) mass is 206 g/mol. The van der Waals surface area contributed by atoms with Crippen LogP contribution in [0.5, 0.6) is 0 Å². The topological polar surface area (TPSA) is 43.6 Å². The maximum Gasteiger partial charge on any atom is 0.137 e. The molecule has 0 spiro atoms. The fourth-order valence-electron chi connectivity index (χ4n) is 1.76. The quantitative estimate of drug-likeness (QED) is 0.743. The average Bonchev–Trinajstić information content (AvgIpc) is 2.78. The largest absolute Gasteiger partial charge is 0.246 e. The molecule has 0 atom stereocenters. The van der Waals surface area contributed by atoms with Gasteiger partial charge in [0.15, 0.2) is 0 Å². The summed E-state index contributed by atoms with van der Waals surface area (Å²) in [5.74, 6) is 0. The Morgan fingerprint density at radius 3 is 3.21 bits per heavy atom. The van der Waals surface area contributed by atoms with E-state index in [1.165, 1.54) is 23.4 Å². The molecule has 0 saturated carbocycles. The van der Waals surface area contributed by atoms with E-state index < -0.39 is 0 Å². The van der Waals surface area contributed by atoms with Crippen LogP contribution >= 0.6 is 11.3 Å². The minimum atomic E-state index is 0.762. The lowest BCUT2D eigenvalue weighted by atomic mass is 10.4. The minimum absolute atomic E-state index is 0.762. The highest BCUT2D eigenvalue weighted by Crippen LogP contribution is 2.27. The third-order valence-electron chi connectivity index (χ3n) is 2.40. The number of nitrogens with zero attached hydrogens (tertiary/aromatic N) is 4. The molecule has 72 valence electrons. The van der Waals surface area contributed by atoms with Gasteiger partial charge in [0.05, 0.1) is 12.2 Å². The second kappa shape index (κ2) is 3.16. The van der Waals surface area contributed by atoms with Crippen molar-refractivity contribution in [2.45, 2.75) is 25.8 Å². The molecule has 0 unspecified atom stereocenters. The number of fused-ring (bicyclic) bond motifs is 1. The molecule has 0 bridgehead atoms. The molecule has 0 saturated heterocycles. The predicted octanol–water partition coefficient (Wildman–Crippen LogP) is 1.27. The van der Waals surface area contributed by atoms with Crippen molar-refractivity contribution in [2.24, 2.45) is 0 Å². The molecule has 4 nitrogen and oxygen atoms in total. The molecule has 5 heteroatoms. The van der Waals surface area contributed by atoms with E-state index >= 15 is 0 Å². The molecular formula is C9H10N4S. The Balaban J connectivity index is 1.84. The Morgan fingerprint density at radius 1 is 1.43 bits per heavy atom. The predicted molar refractivity (Wildman–Crippen MR) is 53.3 cm³/mol. The molecule has 0 fully saturated rings. The van der Waals surface area contributed by atoms with E-state index in [1.54, 1.807) is 12.7 Å². The van der Waals surface area contributed by atoms with Crippen molar-refractivity contribution in [3.63, 3.8) is 0 Å². The van der Waals surface area contributed by atoms with Crippen molar-refractivity contribution < 1.29 is 0 Å². The van der Waals surface area contributed by atoms with Crippen LogP contribution in [0.25, 0.3) is 0 Å². The van der Waals surface area contributed by atoms with Crippen LogP contribution in [0.2, 0.25) is 0 Å². The van der Waals surface area contributed by atoms with Crippen LogP contribution in [-0.2, 0) is 19.4 Å². The van der Waals surface area contributed by atoms with Crippen LogP contribution in [0, 0.1) is 0 Å². The fraction of sp³-hybridized carbons (Fsp3) is 0.444. The van der Waals surface area contributed by atoms with Gasteiger partial charge in [-0.25, -0.2) is 14.6 Å². The van der Waals surface area contributed by atoms with Gasteiger partial charge in [0, 0.05) is 4.88 Å². The van der Waals surface area contributed by atoms with E-state index in [2.05, 4.69) is 15.1 Å². The molecule has 2 aromatic rings. The smallest absolute Gasteiger partial charge is 0.137 e. The number of aryl methyl sites for hydroxylation is 2. The van der Waals surface area contributed by atoms with Gasteiger partial charge >= 0.3 is 0 Å². The molecule has 3 rings (SSSR count). The van der Waals surface area contributed by atoms with Gasteiger partial charge in [0.25, 0.3) is 0 Å². The van der Waals surface area contributed by atoms with Crippen LogP contribution in [-0.4, -0.2) is 19.7 Å². The van der Waals surface area contributed by atoms with Gasteiger partial charge in [-0.3, -0.25) is 0 Å². The van der Waals surface area contributed by atoms with E-state index in [4.69, 9.17) is 0 Å². The van der Waals surface area contributed by atoms with Gasteiger partial charge < -0.3 is 0 Å². The van der Waals surface area contributed by atoms with E-state index in [1.807, 2.05) is 16.0 Å². The van der Waals surface area contributed by atoms with E-state index in [0.717, 1.165) is 18.0 Å². The highest BCUT2D eigenvalue weighted by atomic mass is 32.1. The number of aromatic nitrogens is 4. The summed E-state index contributed by atoms with van der Waals surface area (Å²) >= 11 is 1.82. The van der Waals surface area contributed by atoms with Crippen molar-refractivity contribution in [1.29, 1.82) is 0 Å².